The number of carboxylic acids is 2. The summed E-state index contributed by atoms with van der Waals surface area (Å²) in [6.45, 7) is 5.46. The number of rotatable bonds is 4. The average Bonchev–Trinajstić information content (AvgIpc) is 3.09. The topological polar surface area (TPSA) is 124 Å². The van der Waals surface area contributed by atoms with Crippen LogP contribution in [0.25, 0.3) is 0 Å². The molecule has 10 heteroatoms. The molecule has 4 unspecified atom stereocenters. The highest BCUT2D eigenvalue weighted by Crippen LogP contribution is 2.41. The molecule has 2 bridgehead atoms. The van der Waals surface area contributed by atoms with Crippen LogP contribution in [0.15, 0.2) is 5.03 Å². The summed E-state index contributed by atoms with van der Waals surface area (Å²) < 4.78 is 8.95. The van der Waals surface area contributed by atoms with Gasteiger partial charge in [0.25, 0.3) is 0 Å². The third-order valence-electron chi connectivity index (χ3n) is 4.04. The van der Waals surface area contributed by atoms with Crippen molar-refractivity contribution in [2.45, 2.75) is 36.8 Å². The SMILES string of the molecule is CC(O)CSc1nsnc1C1CN2CCCC1C2.O=C(O)C(=O)O. The van der Waals surface area contributed by atoms with Crippen molar-refractivity contribution >= 4 is 35.4 Å². The number of aliphatic carboxylic acids is 2. The van der Waals surface area contributed by atoms with E-state index >= 15 is 0 Å². The van der Waals surface area contributed by atoms with Gasteiger partial charge in [-0.15, -0.1) is 11.8 Å². The number of aliphatic hydroxyl groups excluding tert-OH is 1. The average molecular weight is 375 g/mol. The van der Waals surface area contributed by atoms with Gasteiger partial charge in [-0.25, -0.2) is 9.59 Å². The third kappa shape index (κ3) is 5.13. The zero-order chi connectivity index (χ0) is 17.7. The molecule has 2 saturated heterocycles. The van der Waals surface area contributed by atoms with Crippen LogP contribution >= 0.6 is 23.5 Å². The summed E-state index contributed by atoms with van der Waals surface area (Å²) in [6, 6.07) is 0. The molecule has 24 heavy (non-hydrogen) atoms. The lowest BCUT2D eigenvalue weighted by Crippen LogP contribution is -2.25. The first-order valence-electron chi connectivity index (χ1n) is 7.70. The highest BCUT2D eigenvalue weighted by Gasteiger charge is 2.38. The summed E-state index contributed by atoms with van der Waals surface area (Å²) in [5, 5.41) is 25.2. The smallest absolute Gasteiger partial charge is 0.414 e. The van der Waals surface area contributed by atoms with Crippen LogP contribution in [-0.4, -0.2) is 72.4 Å². The molecule has 134 valence electrons. The summed E-state index contributed by atoms with van der Waals surface area (Å²) in [5.74, 6) is -1.60. The number of carbonyl (C=O) groups is 2. The van der Waals surface area contributed by atoms with Crippen molar-refractivity contribution in [2.75, 3.05) is 25.4 Å². The number of aliphatic hydroxyl groups is 1. The van der Waals surface area contributed by atoms with Gasteiger partial charge >= 0.3 is 11.9 Å². The number of nitrogens with zero attached hydrogens (tertiary/aromatic N) is 3. The molecule has 4 atom stereocenters. The first-order valence-corrected chi connectivity index (χ1v) is 9.42. The Kier molecular flexibility index (Phi) is 6.96. The van der Waals surface area contributed by atoms with Gasteiger partial charge in [-0.2, -0.15) is 8.75 Å². The standard InChI is InChI=1S/C12H19N3OS2.C2H2O4/c1-8(16)7-17-12-11(13-18-14-12)10-6-15-4-2-3-9(10)5-15;3-1(4)2(5)6/h8-10,16H,2-7H2,1H3;(H,3,4)(H,5,6). The van der Waals surface area contributed by atoms with Crippen LogP contribution in [0.4, 0.5) is 0 Å². The molecule has 2 aliphatic rings. The zero-order valence-electron chi connectivity index (χ0n) is 13.3. The Labute approximate surface area is 148 Å². The van der Waals surface area contributed by atoms with E-state index in [9.17, 15) is 5.11 Å². The summed E-state index contributed by atoms with van der Waals surface area (Å²) in [7, 11) is 0. The Morgan fingerprint density at radius 3 is 2.62 bits per heavy atom. The molecular weight excluding hydrogens is 354 g/mol. The van der Waals surface area contributed by atoms with Crippen LogP contribution in [0.2, 0.25) is 0 Å². The van der Waals surface area contributed by atoms with Crippen LogP contribution in [0.1, 0.15) is 31.4 Å². The molecule has 0 amide bonds. The molecule has 0 aromatic carbocycles. The van der Waals surface area contributed by atoms with Crippen LogP contribution in [0.3, 0.4) is 0 Å². The van der Waals surface area contributed by atoms with Gasteiger partial charge in [0.1, 0.15) is 5.03 Å². The molecule has 2 fully saturated rings. The Morgan fingerprint density at radius 2 is 2.04 bits per heavy atom. The number of hydrogen-bond donors (Lipinski definition) is 3. The van der Waals surface area contributed by atoms with Crippen LogP contribution in [0, 0.1) is 5.92 Å². The van der Waals surface area contributed by atoms with Gasteiger partial charge in [-0.05, 0) is 32.2 Å². The molecule has 0 saturated carbocycles. The molecule has 1 aromatic heterocycles. The molecule has 1 aromatic rings. The van der Waals surface area contributed by atoms with E-state index in [1.54, 1.807) is 11.8 Å². The maximum absolute atomic E-state index is 9.38. The molecular formula is C14H21N3O5S2. The summed E-state index contributed by atoms with van der Waals surface area (Å²) in [4.78, 5) is 20.8. The van der Waals surface area contributed by atoms with E-state index in [1.807, 2.05) is 6.92 Å². The number of carboxylic acid groups (broad SMARTS) is 2. The Hall–Kier alpha value is -1.23. The monoisotopic (exact) mass is 375 g/mol. The summed E-state index contributed by atoms with van der Waals surface area (Å²) in [6.07, 6.45) is 2.38. The second-order valence-corrected chi connectivity index (χ2v) is 7.53. The fourth-order valence-corrected chi connectivity index (χ4v) is 4.67. The zero-order valence-corrected chi connectivity index (χ0v) is 14.9. The van der Waals surface area contributed by atoms with E-state index in [4.69, 9.17) is 19.8 Å². The largest absolute Gasteiger partial charge is 0.473 e. The minimum atomic E-state index is -1.82. The van der Waals surface area contributed by atoms with E-state index in [0.29, 0.717) is 11.7 Å². The van der Waals surface area contributed by atoms with Crippen molar-refractivity contribution in [1.29, 1.82) is 0 Å². The number of hydrogen-bond acceptors (Lipinski definition) is 8. The van der Waals surface area contributed by atoms with Gasteiger partial charge < -0.3 is 20.2 Å². The van der Waals surface area contributed by atoms with E-state index in [1.165, 1.54) is 43.4 Å². The van der Waals surface area contributed by atoms with Crippen molar-refractivity contribution < 1.29 is 24.9 Å². The lowest BCUT2D eigenvalue weighted by Gasteiger charge is -2.21. The van der Waals surface area contributed by atoms with Crippen LogP contribution in [0.5, 0.6) is 0 Å². The minimum Gasteiger partial charge on any atom is -0.473 e. The van der Waals surface area contributed by atoms with Gasteiger partial charge in [0.15, 0.2) is 0 Å². The van der Waals surface area contributed by atoms with E-state index in [0.717, 1.165) is 17.5 Å². The quantitative estimate of drug-likeness (QED) is 0.521. The Bertz CT molecular complexity index is 569. The maximum Gasteiger partial charge on any atom is 0.414 e. The number of thioether (sulfide) groups is 1. The number of piperidine rings is 1. The molecule has 3 N–H and O–H groups in total. The fourth-order valence-electron chi connectivity index (χ4n) is 3.04. The van der Waals surface area contributed by atoms with Crippen molar-refractivity contribution in [3.63, 3.8) is 0 Å². The van der Waals surface area contributed by atoms with Crippen LogP contribution < -0.4 is 0 Å². The maximum atomic E-state index is 9.38. The van der Waals surface area contributed by atoms with Gasteiger partial charge in [0.05, 0.1) is 23.5 Å². The molecule has 3 rings (SSSR count). The van der Waals surface area contributed by atoms with Gasteiger partial charge in [0, 0.05) is 24.8 Å². The Morgan fingerprint density at radius 1 is 1.33 bits per heavy atom. The highest BCUT2D eigenvalue weighted by molar-refractivity contribution is 7.99. The second kappa shape index (κ2) is 8.75. The summed E-state index contributed by atoms with van der Waals surface area (Å²) >= 11 is 2.97. The second-order valence-electron chi connectivity index (χ2n) is 5.99. The predicted octanol–water partition coefficient (Wildman–Crippen LogP) is 0.976. The van der Waals surface area contributed by atoms with E-state index in [-0.39, 0.29) is 6.10 Å². The van der Waals surface area contributed by atoms with Gasteiger partial charge in [0.2, 0.25) is 0 Å². The normalized spacial score (nSPS) is 26.3. The van der Waals surface area contributed by atoms with E-state index < -0.39 is 11.9 Å². The predicted molar refractivity (Wildman–Crippen MR) is 89.5 cm³/mol. The number of aromatic nitrogens is 2. The van der Waals surface area contributed by atoms with Crippen molar-refractivity contribution in [3.8, 4) is 0 Å². The first-order chi connectivity index (χ1) is 11.4. The van der Waals surface area contributed by atoms with Crippen LogP contribution in [-0.2, 0) is 9.59 Å². The molecule has 0 spiro atoms. The van der Waals surface area contributed by atoms with Crippen molar-refractivity contribution in [3.05, 3.63) is 5.69 Å². The van der Waals surface area contributed by atoms with E-state index in [2.05, 4.69) is 13.6 Å². The van der Waals surface area contributed by atoms with Crippen molar-refractivity contribution in [2.24, 2.45) is 5.92 Å². The third-order valence-corrected chi connectivity index (χ3v) is 5.92. The highest BCUT2D eigenvalue weighted by atomic mass is 32.2. The molecule has 8 nitrogen and oxygen atoms in total. The number of fused-ring (bicyclic) bond motifs is 2. The van der Waals surface area contributed by atoms with Crippen molar-refractivity contribution in [1.82, 2.24) is 13.6 Å². The Balaban J connectivity index is 0.000000301. The fraction of sp³-hybridized carbons (Fsp3) is 0.714. The summed E-state index contributed by atoms with van der Waals surface area (Å²) in [5.41, 5.74) is 1.19. The molecule has 0 radical (unpaired) electrons. The van der Waals surface area contributed by atoms with Gasteiger partial charge in [-0.3, -0.25) is 0 Å². The first kappa shape index (κ1) is 19.1. The molecule has 2 aliphatic heterocycles. The lowest BCUT2D eigenvalue weighted by atomic mass is 9.89. The lowest BCUT2D eigenvalue weighted by molar-refractivity contribution is -0.159. The minimum absolute atomic E-state index is 0.281. The molecule has 3 heterocycles. The van der Waals surface area contributed by atoms with Gasteiger partial charge in [-0.1, -0.05) is 0 Å². The molecule has 0 aliphatic carbocycles.